The SMILES string of the molecule is O=C1Nc2ccc(Cl)cc2C1NCc1cn[nH]c1. The fourth-order valence-corrected chi connectivity index (χ4v) is 2.21. The zero-order chi connectivity index (χ0) is 12.5. The summed E-state index contributed by atoms with van der Waals surface area (Å²) in [6, 6.07) is 5.02. The van der Waals surface area contributed by atoms with Gasteiger partial charge in [0.15, 0.2) is 0 Å². The van der Waals surface area contributed by atoms with E-state index in [0.29, 0.717) is 11.6 Å². The van der Waals surface area contributed by atoms with E-state index >= 15 is 0 Å². The van der Waals surface area contributed by atoms with Crippen molar-refractivity contribution in [2.24, 2.45) is 0 Å². The second kappa shape index (κ2) is 4.44. The molecule has 1 amide bonds. The molecule has 1 unspecified atom stereocenters. The fraction of sp³-hybridized carbons (Fsp3) is 0.167. The van der Waals surface area contributed by atoms with E-state index in [4.69, 9.17) is 11.6 Å². The average molecular weight is 263 g/mol. The number of hydrogen-bond donors (Lipinski definition) is 3. The van der Waals surface area contributed by atoms with Gasteiger partial charge in [-0.15, -0.1) is 0 Å². The highest BCUT2D eigenvalue weighted by Crippen LogP contribution is 2.32. The summed E-state index contributed by atoms with van der Waals surface area (Å²) < 4.78 is 0. The molecule has 0 radical (unpaired) electrons. The van der Waals surface area contributed by atoms with Gasteiger partial charge in [0.2, 0.25) is 5.91 Å². The number of rotatable bonds is 3. The van der Waals surface area contributed by atoms with Gasteiger partial charge in [-0.25, -0.2) is 0 Å². The number of amides is 1. The molecule has 92 valence electrons. The van der Waals surface area contributed by atoms with Crippen LogP contribution in [0, 0.1) is 0 Å². The number of anilines is 1. The summed E-state index contributed by atoms with van der Waals surface area (Å²) in [4.78, 5) is 11.9. The maximum Gasteiger partial charge on any atom is 0.246 e. The molecular formula is C12H11ClN4O. The summed E-state index contributed by atoms with van der Waals surface area (Å²) >= 11 is 5.95. The van der Waals surface area contributed by atoms with E-state index < -0.39 is 0 Å². The van der Waals surface area contributed by atoms with Gasteiger partial charge >= 0.3 is 0 Å². The number of hydrogen-bond acceptors (Lipinski definition) is 3. The number of halogens is 1. The molecule has 0 fully saturated rings. The summed E-state index contributed by atoms with van der Waals surface area (Å²) in [7, 11) is 0. The van der Waals surface area contributed by atoms with Crippen molar-refractivity contribution >= 4 is 23.2 Å². The van der Waals surface area contributed by atoms with Gasteiger partial charge in [-0.2, -0.15) is 5.10 Å². The second-order valence-electron chi connectivity index (χ2n) is 4.14. The normalized spacial score (nSPS) is 17.6. The van der Waals surface area contributed by atoms with Crippen LogP contribution in [0.15, 0.2) is 30.6 Å². The Bertz CT molecular complexity index is 582. The lowest BCUT2D eigenvalue weighted by Crippen LogP contribution is -2.26. The van der Waals surface area contributed by atoms with Crippen molar-refractivity contribution in [2.45, 2.75) is 12.6 Å². The molecule has 3 N–H and O–H groups in total. The Morgan fingerprint density at radius 3 is 3.11 bits per heavy atom. The van der Waals surface area contributed by atoms with Crippen molar-refractivity contribution in [1.82, 2.24) is 15.5 Å². The molecule has 0 saturated carbocycles. The first kappa shape index (κ1) is 11.3. The maximum absolute atomic E-state index is 11.9. The molecule has 0 saturated heterocycles. The Kier molecular flexibility index (Phi) is 2.77. The molecule has 1 aromatic heterocycles. The number of carbonyl (C=O) groups excluding carboxylic acids is 1. The Balaban J connectivity index is 1.80. The minimum absolute atomic E-state index is 0.0595. The van der Waals surface area contributed by atoms with E-state index in [1.165, 1.54) is 0 Å². The molecule has 6 heteroatoms. The van der Waals surface area contributed by atoms with Crippen molar-refractivity contribution in [2.75, 3.05) is 5.32 Å². The summed E-state index contributed by atoms with van der Waals surface area (Å²) in [6.07, 6.45) is 3.51. The van der Waals surface area contributed by atoms with Crippen molar-refractivity contribution in [3.63, 3.8) is 0 Å². The molecule has 0 aliphatic carbocycles. The van der Waals surface area contributed by atoms with Gasteiger partial charge in [0.1, 0.15) is 6.04 Å². The predicted molar refractivity (Wildman–Crippen MR) is 68.3 cm³/mol. The lowest BCUT2D eigenvalue weighted by molar-refractivity contribution is -0.117. The Hall–Kier alpha value is -1.85. The van der Waals surface area contributed by atoms with Crippen LogP contribution >= 0.6 is 11.6 Å². The predicted octanol–water partition coefficient (Wildman–Crippen LogP) is 1.85. The number of aromatic nitrogens is 2. The summed E-state index contributed by atoms with van der Waals surface area (Å²) in [5, 5.41) is 13.2. The highest BCUT2D eigenvalue weighted by atomic mass is 35.5. The molecule has 1 aliphatic rings. The number of H-pyrrole nitrogens is 1. The lowest BCUT2D eigenvalue weighted by Gasteiger charge is -2.10. The first-order valence-corrected chi connectivity index (χ1v) is 5.93. The van der Waals surface area contributed by atoms with Crippen LogP contribution in [0.4, 0.5) is 5.69 Å². The van der Waals surface area contributed by atoms with E-state index in [2.05, 4.69) is 20.8 Å². The van der Waals surface area contributed by atoms with E-state index in [-0.39, 0.29) is 11.9 Å². The quantitative estimate of drug-likeness (QED) is 0.791. The van der Waals surface area contributed by atoms with E-state index in [1.54, 1.807) is 18.5 Å². The zero-order valence-electron chi connectivity index (χ0n) is 9.40. The van der Waals surface area contributed by atoms with Gasteiger partial charge in [0, 0.05) is 34.6 Å². The van der Waals surface area contributed by atoms with Gasteiger partial charge in [-0.1, -0.05) is 11.6 Å². The first-order valence-electron chi connectivity index (χ1n) is 5.55. The molecule has 1 atom stereocenters. The van der Waals surface area contributed by atoms with Crippen molar-refractivity contribution < 1.29 is 4.79 Å². The van der Waals surface area contributed by atoms with Crippen LogP contribution in [0.5, 0.6) is 0 Å². The zero-order valence-corrected chi connectivity index (χ0v) is 10.2. The largest absolute Gasteiger partial charge is 0.324 e. The number of carbonyl (C=O) groups is 1. The highest BCUT2D eigenvalue weighted by molar-refractivity contribution is 6.31. The third kappa shape index (κ3) is 1.98. The second-order valence-corrected chi connectivity index (χ2v) is 4.58. The number of fused-ring (bicyclic) bond motifs is 1. The molecule has 2 aromatic rings. The molecule has 3 rings (SSSR count). The van der Waals surface area contributed by atoms with Crippen LogP contribution in [0.3, 0.4) is 0 Å². The van der Waals surface area contributed by atoms with Gasteiger partial charge in [-0.3, -0.25) is 15.2 Å². The molecule has 2 heterocycles. The van der Waals surface area contributed by atoms with Crippen molar-refractivity contribution in [3.05, 3.63) is 46.7 Å². The molecule has 0 spiro atoms. The summed E-state index contributed by atoms with van der Waals surface area (Å²) in [5.74, 6) is -0.0595. The third-order valence-corrected chi connectivity index (χ3v) is 3.14. The van der Waals surface area contributed by atoms with Crippen LogP contribution in [-0.4, -0.2) is 16.1 Å². The summed E-state index contributed by atoms with van der Waals surface area (Å²) in [5.41, 5.74) is 2.70. The van der Waals surface area contributed by atoms with Crippen LogP contribution in [0.25, 0.3) is 0 Å². The Morgan fingerprint density at radius 2 is 2.33 bits per heavy atom. The third-order valence-electron chi connectivity index (χ3n) is 2.91. The summed E-state index contributed by atoms with van der Waals surface area (Å²) in [6.45, 7) is 0.570. The molecule has 18 heavy (non-hydrogen) atoms. The van der Waals surface area contributed by atoms with E-state index in [1.807, 2.05) is 12.1 Å². The smallest absolute Gasteiger partial charge is 0.246 e. The number of benzene rings is 1. The molecule has 1 aliphatic heterocycles. The van der Waals surface area contributed by atoms with Crippen LogP contribution in [0.1, 0.15) is 17.2 Å². The van der Waals surface area contributed by atoms with Crippen molar-refractivity contribution in [3.8, 4) is 0 Å². The maximum atomic E-state index is 11.9. The first-order chi connectivity index (χ1) is 8.74. The van der Waals surface area contributed by atoms with Gasteiger partial charge in [0.25, 0.3) is 0 Å². The van der Waals surface area contributed by atoms with Crippen LogP contribution in [-0.2, 0) is 11.3 Å². The standard InChI is InChI=1S/C12H11ClN4O/c13-8-1-2-10-9(3-8)11(12(18)17-10)14-4-7-5-15-16-6-7/h1-3,5-6,11,14H,4H2,(H,15,16)(H,17,18). The molecular weight excluding hydrogens is 252 g/mol. The fourth-order valence-electron chi connectivity index (χ4n) is 2.03. The van der Waals surface area contributed by atoms with Gasteiger partial charge in [-0.05, 0) is 18.2 Å². The number of nitrogens with zero attached hydrogens (tertiary/aromatic N) is 1. The Labute approximate surface area is 109 Å². The minimum Gasteiger partial charge on any atom is -0.324 e. The van der Waals surface area contributed by atoms with E-state index in [9.17, 15) is 4.79 Å². The lowest BCUT2D eigenvalue weighted by atomic mass is 10.1. The monoisotopic (exact) mass is 262 g/mol. The van der Waals surface area contributed by atoms with Crippen molar-refractivity contribution in [1.29, 1.82) is 0 Å². The number of aromatic amines is 1. The Morgan fingerprint density at radius 1 is 1.44 bits per heavy atom. The highest BCUT2D eigenvalue weighted by Gasteiger charge is 2.30. The average Bonchev–Trinajstić information content (AvgIpc) is 2.94. The van der Waals surface area contributed by atoms with Gasteiger partial charge < -0.3 is 5.32 Å². The number of nitrogens with one attached hydrogen (secondary N) is 3. The molecule has 5 nitrogen and oxygen atoms in total. The van der Waals surface area contributed by atoms with Gasteiger partial charge in [0.05, 0.1) is 6.20 Å². The van der Waals surface area contributed by atoms with Crippen LogP contribution < -0.4 is 10.6 Å². The minimum atomic E-state index is -0.367. The van der Waals surface area contributed by atoms with E-state index in [0.717, 1.165) is 16.8 Å². The molecule has 1 aromatic carbocycles. The molecule has 0 bridgehead atoms. The topological polar surface area (TPSA) is 69.8 Å². The van der Waals surface area contributed by atoms with Crippen LogP contribution in [0.2, 0.25) is 5.02 Å².